The van der Waals surface area contributed by atoms with E-state index in [0.717, 1.165) is 43.1 Å². The Morgan fingerprint density at radius 2 is 0.917 bits per heavy atom. The summed E-state index contributed by atoms with van der Waals surface area (Å²) in [6.07, 6.45) is 0. The van der Waals surface area contributed by atoms with Crippen molar-refractivity contribution in [1.82, 2.24) is 0 Å². The molecule has 0 aliphatic carbocycles. The highest BCUT2D eigenvalue weighted by atomic mass is 14.2. The molecule has 0 amide bonds. The molecule has 48 heavy (non-hydrogen) atoms. The number of benzene rings is 10. The monoisotopic (exact) mass is 613 g/mol. The molecule has 0 aliphatic heterocycles. The van der Waals surface area contributed by atoms with Gasteiger partial charge in [0, 0.05) is 0 Å². The minimum atomic E-state index is -0.385. The average Bonchev–Trinajstić information content (AvgIpc) is 3.22. The Balaban J connectivity index is 1.53. The molecule has 0 N–H and O–H groups in total. The molecule has 0 spiro atoms. The summed E-state index contributed by atoms with van der Waals surface area (Å²) >= 11 is 0. The van der Waals surface area contributed by atoms with Gasteiger partial charge in [0.15, 0.2) is 0 Å². The molecule has 0 saturated heterocycles. The zero-order valence-corrected chi connectivity index (χ0v) is 25.8. The van der Waals surface area contributed by atoms with E-state index in [-0.39, 0.29) is 53.1 Å². The number of hydrogen-bond donors (Lipinski definition) is 0. The lowest BCUT2D eigenvalue weighted by Gasteiger charge is -2.21. The maximum Gasteiger partial charge on any atom is 0.0636 e. The Kier molecular flexibility index (Phi) is 4.62. The maximum absolute atomic E-state index is 10.2. The van der Waals surface area contributed by atoms with Gasteiger partial charge in [0.25, 0.3) is 0 Å². The lowest BCUT2D eigenvalue weighted by Crippen LogP contribution is -1.93. The van der Waals surface area contributed by atoms with Gasteiger partial charge in [-0.05, 0) is 116 Å². The fraction of sp³-hybridized carbons (Fsp3) is 0. The number of rotatable bonds is 3. The third-order valence-corrected chi connectivity index (χ3v) is 9.63. The van der Waals surface area contributed by atoms with Gasteiger partial charge in [-0.3, -0.25) is 0 Å². The van der Waals surface area contributed by atoms with Crippen molar-refractivity contribution in [3.63, 3.8) is 0 Å². The van der Waals surface area contributed by atoms with E-state index in [1.54, 1.807) is 0 Å². The number of hydrogen-bond acceptors (Lipinski definition) is 0. The molecule has 10 aromatic rings. The second-order valence-electron chi connectivity index (χ2n) is 12.3. The van der Waals surface area contributed by atoms with Crippen LogP contribution in [-0.4, -0.2) is 0 Å². The normalized spacial score (nSPS) is 13.8. The summed E-state index contributed by atoms with van der Waals surface area (Å²) in [6, 6.07) is 44.0. The zero-order valence-electron chi connectivity index (χ0n) is 32.8. The smallest absolute Gasteiger partial charge is 0.0616 e. The largest absolute Gasteiger partial charge is 0.0636 e. The van der Waals surface area contributed by atoms with Gasteiger partial charge in [-0.1, -0.05) is 164 Å². The molecule has 10 aromatic carbocycles. The van der Waals surface area contributed by atoms with Gasteiger partial charge >= 0.3 is 0 Å². The molecule has 0 aromatic heterocycles. The summed E-state index contributed by atoms with van der Waals surface area (Å²) in [5.41, 5.74) is 3.13. The molecule has 0 fully saturated rings. The topological polar surface area (TPSA) is 0 Å². The molecule has 0 aliphatic rings. The standard InChI is InChI=1S/C48H30/c1-2-14-33-28-34(25-24-31(33)12-1)35-26-27-44-46(29-35)48(45-30-36-15-4-6-18-38(36)39-19-7-8-20-40(39)45)43-22-10-9-21-42(43)47(44)41-23-11-16-32-13-3-5-17-37(32)41/h1-30H/i9D,10D,21D,22D,26D,27D,29D. The summed E-state index contributed by atoms with van der Waals surface area (Å²) in [5, 5.41) is 8.68. The van der Waals surface area contributed by atoms with Crippen LogP contribution in [0.1, 0.15) is 9.60 Å². The van der Waals surface area contributed by atoms with Crippen LogP contribution in [0.2, 0.25) is 0 Å². The van der Waals surface area contributed by atoms with Gasteiger partial charge < -0.3 is 0 Å². The Morgan fingerprint density at radius 3 is 1.73 bits per heavy atom. The summed E-state index contributed by atoms with van der Waals surface area (Å²) in [5.74, 6) is 0. The molecule has 0 bridgehead atoms. The van der Waals surface area contributed by atoms with Crippen LogP contribution >= 0.6 is 0 Å². The molecule has 0 heteroatoms. The van der Waals surface area contributed by atoms with Crippen LogP contribution in [0.15, 0.2) is 182 Å². The molecule has 0 heterocycles. The Morgan fingerprint density at radius 1 is 0.312 bits per heavy atom. The third kappa shape index (κ3) is 4.10. The van der Waals surface area contributed by atoms with E-state index >= 15 is 0 Å². The van der Waals surface area contributed by atoms with Gasteiger partial charge in [0.1, 0.15) is 0 Å². The van der Waals surface area contributed by atoms with Gasteiger partial charge in [-0.2, -0.15) is 0 Å². The lowest BCUT2D eigenvalue weighted by molar-refractivity contribution is 1.66. The van der Waals surface area contributed by atoms with Crippen molar-refractivity contribution >= 4 is 64.6 Å². The molecule has 0 unspecified atom stereocenters. The summed E-state index contributed by atoms with van der Waals surface area (Å²) in [6.45, 7) is 0. The molecule has 0 radical (unpaired) electrons. The van der Waals surface area contributed by atoms with Crippen LogP contribution in [0.3, 0.4) is 0 Å². The van der Waals surface area contributed by atoms with Crippen molar-refractivity contribution in [2.45, 2.75) is 0 Å². The van der Waals surface area contributed by atoms with Gasteiger partial charge in [-0.15, -0.1) is 0 Å². The van der Waals surface area contributed by atoms with Crippen molar-refractivity contribution < 1.29 is 9.60 Å². The first-order chi connectivity index (χ1) is 26.7. The summed E-state index contributed by atoms with van der Waals surface area (Å²) in [4.78, 5) is 0. The van der Waals surface area contributed by atoms with Crippen molar-refractivity contribution in [2.75, 3.05) is 0 Å². The lowest BCUT2D eigenvalue weighted by atomic mass is 9.82. The van der Waals surface area contributed by atoms with Crippen molar-refractivity contribution in [3.05, 3.63) is 182 Å². The Hall–Kier alpha value is -6.24. The molecular weight excluding hydrogens is 577 g/mol. The molecule has 0 saturated carbocycles. The second-order valence-corrected chi connectivity index (χ2v) is 12.3. The second kappa shape index (κ2) is 10.7. The molecule has 10 rings (SSSR count). The minimum absolute atomic E-state index is 0.0225. The Labute approximate surface area is 289 Å². The van der Waals surface area contributed by atoms with Crippen molar-refractivity contribution in [3.8, 4) is 33.4 Å². The highest BCUT2D eigenvalue weighted by Gasteiger charge is 2.20. The molecule has 0 atom stereocenters. The summed E-state index contributed by atoms with van der Waals surface area (Å²) < 4.78 is 66.9. The quantitative estimate of drug-likeness (QED) is 0.137. The van der Waals surface area contributed by atoms with E-state index in [1.165, 1.54) is 0 Å². The van der Waals surface area contributed by atoms with Crippen molar-refractivity contribution in [1.29, 1.82) is 0 Å². The first-order valence-corrected chi connectivity index (χ1v) is 16.1. The van der Waals surface area contributed by atoms with Crippen LogP contribution in [0.25, 0.3) is 98.0 Å². The Bertz CT molecular complexity index is 3290. The maximum atomic E-state index is 10.2. The SMILES string of the molecule is [2H]c1c([2H])c([2H])c2c(-c3cc4ccccc4c4ccccc34)c3c([2H])c(-c4ccc5ccccc5c4)c([2H])c([2H])c3c(-c3cccc4ccccc34)c2c1[2H]. The fourth-order valence-electron chi connectivity index (χ4n) is 7.45. The predicted octanol–water partition coefficient (Wildman–Crippen LogP) is 13.6. The van der Waals surface area contributed by atoms with Crippen LogP contribution in [0, 0.1) is 0 Å². The van der Waals surface area contributed by atoms with Gasteiger partial charge in [0.2, 0.25) is 0 Å². The van der Waals surface area contributed by atoms with Gasteiger partial charge in [0.05, 0.1) is 9.60 Å². The van der Waals surface area contributed by atoms with Crippen LogP contribution in [-0.2, 0) is 0 Å². The molecule has 222 valence electrons. The van der Waals surface area contributed by atoms with Crippen LogP contribution in [0.4, 0.5) is 0 Å². The van der Waals surface area contributed by atoms with E-state index in [1.807, 2.05) is 133 Å². The van der Waals surface area contributed by atoms with E-state index in [0.29, 0.717) is 44.2 Å². The summed E-state index contributed by atoms with van der Waals surface area (Å²) in [7, 11) is 0. The van der Waals surface area contributed by atoms with Crippen LogP contribution < -0.4 is 0 Å². The number of fused-ring (bicyclic) bond motifs is 7. The average molecular weight is 614 g/mol. The zero-order chi connectivity index (χ0) is 37.7. The molecule has 0 nitrogen and oxygen atoms in total. The third-order valence-electron chi connectivity index (χ3n) is 9.63. The van der Waals surface area contributed by atoms with Crippen LogP contribution in [0.5, 0.6) is 0 Å². The first-order valence-electron chi connectivity index (χ1n) is 19.6. The van der Waals surface area contributed by atoms with E-state index in [9.17, 15) is 6.85 Å². The van der Waals surface area contributed by atoms with E-state index in [2.05, 4.69) is 6.07 Å². The van der Waals surface area contributed by atoms with E-state index < -0.39 is 0 Å². The molecular formula is C48H30. The van der Waals surface area contributed by atoms with E-state index in [4.69, 9.17) is 2.74 Å². The first kappa shape index (κ1) is 20.8. The highest BCUT2D eigenvalue weighted by molar-refractivity contribution is 6.27. The van der Waals surface area contributed by atoms with Crippen molar-refractivity contribution in [2.24, 2.45) is 0 Å². The highest BCUT2D eigenvalue weighted by Crippen LogP contribution is 2.48. The minimum Gasteiger partial charge on any atom is -0.0616 e. The fourth-order valence-corrected chi connectivity index (χ4v) is 7.45. The van der Waals surface area contributed by atoms with Gasteiger partial charge in [-0.25, -0.2) is 0 Å². The predicted molar refractivity (Wildman–Crippen MR) is 208 cm³/mol.